The minimum Gasteiger partial charge on any atom is -0.494 e. The molecule has 8 bridgehead atoms. The maximum absolute atomic E-state index is 15.0. The summed E-state index contributed by atoms with van der Waals surface area (Å²) >= 11 is 0. The Morgan fingerprint density at radius 3 is 0.609 bits per heavy atom. The van der Waals surface area contributed by atoms with E-state index in [2.05, 4.69) is 96.5 Å². The second-order valence-corrected chi connectivity index (χ2v) is 33.2. The minimum absolute atomic E-state index is 0.160. The van der Waals surface area contributed by atoms with Gasteiger partial charge in [0.15, 0.2) is 0 Å². The molecule has 0 heterocycles. The van der Waals surface area contributed by atoms with Crippen LogP contribution in [0, 0.1) is 0 Å². The molecule has 688 valence electrons. The van der Waals surface area contributed by atoms with Crippen molar-refractivity contribution in [3.63, 3.8) is 0 Å². The fourth-order valence-corrected chi connectivity index (χ4v) is 15.6. The smallest absolute Gasteiger partial charge is 0.323 e. The molecule has 0 spiro atoms. The highest BCUT2D eigenvalue weighted by Gasteiger charge is 2.27. The summed E-state index contributed by atoms with van der Waals surface area (Å²) in [6.07, 6.45) is 39.3. The normalized spacial score (nSPS) is 11.4. The van der Waals surface area contributed by atoms with Crippen LogP contribution in [0.3, 0.4) is 0 Å². The van der Waals surface area contributed by atoms with Crippen molar-refractivity contribution in [2.75, 3.05) is 95.4 Å². The Kier molecular flexibility index (Phi) is 45.7. The van der Waals surface area contributed by atoms with Crippen molar-refractivity contribution in [2.24, 2.45) is 0 Å². The number of nitrogens with one attached hydrogen (secondary N) is 8. The van der Waals surface area contributed by atoms with Crippen molar-refractivity contribution in [3.05, 3.63) is 241 Å². The fourth-order valence-electron chi connectivity index (χ4n) is 15.6. The molecule has 20 nitrogen and oxygen atoms in total. The summed E-state index contributed by atoms with van der Waals surface area (Å²) in [5, 5.41) is 25.5. The van der Waals surface area contributed by atoms with Gasteiger partial charge in [-0.3, -0.25) is 0 Å². The van der Waals surface area contributed by atoms with Crippen LogP contribution in [0.1, 0.15) is 278 Å². The van der Waals surface area contributed by atoms with E-state index in [9.17, 15) is 19.2 Å². The van der Waals surface area contributed by atoms with Gasteiger partial charge >= 0.3 is 24.1 Å². The zero-order chi connectivity index (χ0) is 90.4. The van der Waals surface area contributed by atoms with E-state index < -0.39 is 24.1 Å². The number of amides is 8. The van der Waals surface area contributed by atoms with Crippen molar-refractivity contribution in [3.8, 4) is 46.0 Å². The standard InChI is InChI=1S/C108H144N8O12/c1-9-17-25-29-33-41-57-121-97-53-45-49-89(77-97)109-105(117)113-93-69-81-65-83-71-94(114-106(118)110-90-50-46-54-98(78-90)122-58-42-34-30-26-18-10-2)73-85(102(83)126-62-38-22-14-6)67-87-75-96(116-108(120)112-92-52-48-56-100(80-92)124-60-44-36-32-28-20-12-4)76-88(104(87)128-64-40-24-16-8)68-86-74-95(115-107(119)111-91-51-47-55-99(79-91)123-59-43-35-31-27-19-11-3)72-84(103(86)127-63-39-23-15-7)66-82(70-93)101(81)125-61-37-21-13-5/h9-12,45-56,69-80H,1-4,13-44,57-68H2,5-8H3,(H2,109,113,117)(H2,110,114,118)(H2,111,115,119)(H2,112,116,120). The molecule has 9 rings (SSSR count). The van der Waals surface area contributed by atoms with E-state index in [1.165, 1.54) is 0 Å². The summed E-state index contributed by atoms with van der Waals surface area (Å²) in [5.74, 6) is 4.91. The van der Waals surface area contributed by atoms with Gasteiger partial charge in [-0.2, -0.15) is 0 Å². The molecule has 0 aliphatic heterocycles. The lowest BCUT2D eigenvalue weighted by Gasteiger charge is -2.25. The Balaban J connectivity index is 1.24. The number of anilines is 8. The lowest BCUT2D eigenvalue weighted by atomic mass is 9.90. The second-order valence-electron chi connectivity index (χ2n) is 33.2. The fraction of sp³-hybridized carbons (Fsp3) is 0.444. The number of hydrogen-bond donors (Lipinski definition) is 8. The summed E-state index contributed by atoms with van der Waals surface area (Å²) in [7, 11) is 0. The van der Waals surface area contributed by atoms with Gasteiger partial charge < -0.3 is 80.4 Å². The first-order valence-corrected chi connectivity index (χ1v) is 47.6. The monoisotopic (exact) mass is 1750 g/mol. The Morgan fingerprint density at radius 1 is 0.234 bits per heavy atom. The first-order chi connectivity index (χ1) is 62.8. The lowest BCUT2D eigenvalue weighted by molar-refractivity contribution is 0.261. The van der Waals surface area contributed by atoms with Crippen LogP contribution in [0.4, 0.5) is 64.7 Å². The van der Waals surface area contributed by atoms with Crippen LogP contribution in [0.5, 0.6) is 46.0 Å². The molecule has 0 aromatic heterocycles. The Labute approximate surface area is 763 Å². The van der Waals surface area contributed by atoms with Gasteiger partial charge in [0.2, 0.25) is 0 Å². The van der Waals surface area contributed by atoms with Gasteiger partial charge in [-0.05, 0) is 200 Å². The maximum Gasteiger partial charge on any atom is 0.323 e. The van der Waals surface area contributed by atoms with E-state index >= 15 is 0 Å². The number of rotatable bonds is 60. The highest BCUT2D eigenvalue weighted by Crippen LogP contribution is 2.44. The Hall–Kier alpha value is -11.8. The quantitative estimate of drug-likeness (QED) is 0.0131. The maximum atomic E-state index is 15.0. The highest BCUT2D eigenvalue weighted by atomic mass is 16.5. The van der Waals surface area contributed by atoms with Gasteiger partial charge in [-0.25, -0.2) is 19.2 Å². The largest absolute Gasteiger partial charge is 0.494 e. The molecule has 8 aromatic rings. The molecule has 0 radical (unpaired) electrons. The van der Waals surface area contributed by atoms with Gasteiger partial charge in [0.05, 0.1) is 52.9 Å². The topological polar surface area (TPSA) is 238 Å². The molecule has 0 fully saturated rings. The SMILES string of the molecule is C=CCCCCCCOc1cccc(NC(=O)Nc2cc3c(OCCCCC)c(c2)Cc2cc(NC(=O)Nc4cccc(OCCCCCCC=C)c4)cc(c2OCCCCC)Cc2cc(NC(=O)Nc4cccc(OCCCCCCC=C)c4)cc(c2OCCCCC)Cc2cc(NC(=O)Nc4cccc(OCCCCCCC=C)c4)cc(c2OCCCCC)C3)c1. The van der Waals surface area contributed by atoms with E-state index in [1.807, 2.05) is 170 Å². The zero-order valence-electron chi connectivity index (χ0n) is 77.0. The van der Waals surface area contributed by atoms with Crippen molar-refractivity contribution in [1.82, 2.24) is 0 Å². The second kappa shape index (κ2) is 58.5. The molecule has 8 N–H and O–H groups in total. The number of benzene rings is 8. The lowest BCUT2D eigenvalue weighted by Crippen LogP contribution is -2.21. The van der Waals surface area contributed by atoms with Gasteiger partial charge in [0.25, 0.3) is 0 Å². The molecule has 20 heteroatoms. The Bertz CT molecular complexity index is 4070. The van der Waals surface area contributed by atoms with Crippen LogP contribution in [-0.2, 0) is 25.7 Å². The number of allylic oxidation sites excluding steroid dienone is 4. The highest BCUT2D eigenvalue weighted by molar-refractivity contribution is 6.03. The van der Waals surface area contributed by atoms with Gasteiger partial charge in [0, 0.05) is 140 Å². The molecular formula is C108H144N8O12. The first kappa shape index (κ1) is 100.0. The van der Waals surface area contributed by atoms with Gasteiger partial charge in [-0.15, -0.1) is 26.3 Å². The molecule has 0 saturated heterocycles. The van der Waals surface area contributed by atoms with Crippen LogP contribution in [0.15, 0.2) is 196 Å². The predicted octanol–water partition coefficient (Wildman–Crippen LogP) is 29.3. The summed E-state index contributed by atoms with van der Waals surface area (Å²) in [4.78, 5) is 59.8. The zero-order valence-corrected chi connectivity index (χ0v) is 77.0. The van der Waals surface area contributed by atoms with Crippen LogP contribution in [0.25, 0.3) is 0 Å². The summed E-state index contributed by atoms with van der Waals surface area (Å²) in [5.41, 5.74) is 9.70. The van der Waals surface area contributed by atoms with E-state index in [0.29, 0.717) is 189 Å². The number of carbonyl (C=O) groups is 4. The van der Waals surface area contributed by atoms with Gasteiger partial charge in [0.1, 0.15) is 46.0 Å². The predicted molar refractivity (Wildman–Crippen MR) is 529 cm³/mol. The third-order valence-electron chi connectivity index (χ3n) is 22.2. The third-order valence-corrected chi connectivity index (χ3v) is 22.2. The van der Waals surface area contributed by atoms with E-state index in [-0.39, 0.29) is 25.7 Å². The number of urea groups is 4. The number of ether oxygens (including phenoxy) is 8. The average Bonchev–Trinajstić information content (AvgIpc) is 0.769. The van der Waals surface area contributed by atoms with Crippen molar-refractivity contribution >= 4 is 69.6 Å². The Morgan fingerprint density at radius 2 is 0.414 bits per heavy atom. The number of fused-ring (bicyclic) bond motifs is 8. The first-order valence-electron chi connectivity index (χ1n) is 47.6. The van der Waals surface area contributed by atoms with Crippen LogP contribution in [-0.4, -0.2) is 77.0 Å². The number of unbranched alkanes of at least 4 members (excludes halogenated alkanes) is 24. The molecule has 0 atom stereocenters. The molecule has 1 aliphatic carbocycles. The van der Waals surface area contributed by atoms with Crippen LogP contribution >= 0.6 is 0 Å². The van der Waals surface area contributed by atoms with Crippen molar-refractivity contribution in [2.45, 2.75) is 259 Å². The van der Waals surface area contributed by atoms with E-state index in [1.54, 1.807) is 0 Å². The molecule has 8 aromatic carbocycles. The third kappa shape index (κ3) is 36.5. The van der Waals surface area contributed by atoms with E-state index in [4.69, 9.17) is 37.9 Å². The molecule has 1 aliphatic rings. The molecule has 128 heavy (non-hydrogen) atoms. The molecule has 0 saturated carbocycles. The molecule has 8 amide bonds. The summed E-state index contributed by atoms with van der Waals surface area (Å²) in [6, 6.07) is 43.5. The summed E-state index contributed by atoms with van der Waals surface area (Å²) < 4.78 is 54.1. The molecule has 0 unspecified atom stereocenters. The number of hydrogen-bond acceptors (Lipinski definition) is 12. The average molecular weight is 1750 g/mol. The summed E-state index contributed by atoms with van der Waals surface area (Å²) in [6.45, 7) is 27.7. The van der Waals surface area contributed by atoms with Crippen molar-refractivity contribution in [1.29, 1.82) is 0 Å². The van der Waals surface area contributed by atoms with Crippen LogP contribution in [0.2, 0.25) is 0 Å². The van der Waals surface area contributed by atoms with Gasteiger partial charge in [-0.1, -0.05) is 179 Å². The van der Waals surface area contributed by atoms with E-state index in [0.717, 1.165) is 205 Å². The molecular weight excluding hydrogens is 1600 g/mol. The van der Waals surface area contributed by atoms with Crippen molar-refractivity contribution < 1.29 is 57.1 Å². The minimum atomic E-state index is -0.492. The van der Waals surface area contributed by atoms with Crippen LogP contribution < -0.4 is 80.4 Å². The number of carbonyl (C=O) groups excluding carboxylic acids is 4.